The lowest BCUT2D eigenvalue weighted by atomic mass is 9.99. The third-order valence-corrected chi connectivity index (χ3v) is 19.9. The van der Waals surface area contributed by atoms with Crippen molar-refractivity contribution in [3.05, 3.63) is 0 Å². The molecule has 0 saturated carbocycles. The van der Waals surface area contributed by atoms with Gasteiger partial charge in [-0.3, -0.25) is 37.3 Å². The van der Waals surface area contributed by atoms with Gasteiger partial charge < -0.3 is 33.8 Å². The van der Waals surface area contributed by atoms with Crippen LogP contribution in [0.4, 0.5) is 0 Å². The fraction of sp³-hybridized carbons (Fsp3) is 0.947. The van der Waals surface area contributed by atoms with Gasteiger partial charge in [0.25, 0.3) is 0 Å². The van der Waals surface area contributed by atoms with Crippen molar-refractivity contribution >= 4 is 39.5 Å². The van der Waals surface area contributed by atoms with E-state index in [9.17, 15) is 43.2 Å². The predicted molar refractivity (Wildman–Crippen MR) is 381 cm³/mol. The van der Waals surface area contributed by atoms with Crippen molar-refractivity contribution in [3.63, 3.8) is 0 Å². The van der Waals surface area contributed by atoms with Crippen molar-refractivity contribution in [2.45, 2.75) is 395 Å². The Morgan fingerprint density at radius 1 is 0.298 bits per heavy atom. The minimum Gasteiger partial charge on any atom is -0.462 e. The van der Waals surface area contributed by atoms with Crippen molar-refractivity contribution < 1.29 is 80.2 Å². The molecule has 0 aromatic rings. The zero-order valence-corrected chi connectivity index (χ0v) is 63.4. The van der Waals surface area contributed by atoms with Crippen molar-refractivity contribution in [2.75, 3.05) is 39.6 Å². The maximum absolute atomic E-state index is 13.0. The maximum atomic E-state index is 13.0. The topological polar surface area (TPSA) is 237 Å². The van der Waals surface area contributed by atoms with E-state index in [0.29, 0.717) is 31.6 Å². The van der Waals surface area contributed by atoms with Crippen LogP contribution < -0.4 is 0 Å². The molecule has 0 aliphatic rings. The molecule has 19 heteroatoms. The number of ether oxygens (including phenoxy) is 4. The minimum absolute atomic E-state index is 0.102. The van der Waals surface area contributed by atoms with Crippen molar-refractivity contribution in [2.24, 2.45) is 23.7 Å². The van der Waals surface area contributed by atoms with Gasteiger partial charge in [0.1, 0.15) is 19.3 Å². The van der Waals surface area contributed by atoms with E-state index < -0.39 is 97.5 Å². The van der Waals surface area contributed by atoms with E-state index in [0.717, 1.165) is 114 Å². The van der Waals surface area contributed by atoms with Crippen molar-refractivity contribution in [3.8, 4) is 0 Å². The first kappa shape index (κ1) is 92.1. The first-order valence-corrected chi connectivity index (χ1v) is 41.8. The van der Waals surface area contributed by atoms with E-state index in [1.165, 1.54) is 173 Å². The molecule has 94 heavy (non-hydrogen) atoms. The highest BCUT2D eigenvalue weighted by Gasteiger charge is 2.30. The Kier molecular flexibility index (Phi) is 63.1. The summed E-state index contributed by atoms with van der Waals surface area (Å²) in [6, 6.07) is 0. The van der Waals surface area contributed by atoms with Crippen LogP contribution >= 0.6 is 15.6 Å². The summed E-state index contributed by atoms with van der Waals surface area (Å²) >= 11 is 0. The number of hydrogen-bond donors (Lipinski definition) is 3. The van der Waals surface area contributed by atoms with E-state index in [1.54, 1.807) is 0 Å². The predicted octanol–water partition coefficient (Wildman–Crippen LogP) is 21.7. The Hall–Kier alpha value is -1.94. The lowest BCUT2D eigenvalue weighted by molar-refractivity contribution is -0.161. The molecule has 0 aliphatic heterocycles. The lowest BCUT2D eigenvalue weighted by Crippen LogP contribution is -2.30. The highest BCUT2D eigenvalue weighted by atomic mass is 31.2. The maximum Gasteiger partial charge on any atom is 0.472 e. The number of aliphatic hydroxyl groups excluding tert-OH is 1. The monoisotopic (exact) mass is 1380 g/mol. The fourth-order valence-electron chi connectivity index (χ4n) is 11.3. The van der Waals surface area contributed by atoms with Gasteiger partial charge in [-0.25, -0.2) is 9.13 Å². The number of carbonyl (C=O) groups excluding carboxylic acids is 4. The smallest absolute Gasteiger partial charge is 0.462 e. The summed E-state index contributed by atoms with van der Waals surface area (Å²) in [6.45, 7) is 14.1. The molecule has 0 aromatic heterocycles. The normalized spacial score (nSPS) is 14.7. The summed E-state index contributed by atoms with van der Waals surface area (Å²) in [5, 5.41) is 10.6. The van der Waals surface area contributed by atoms with Crippen molar-refractivity contribution in [1.29, 1.82) is 0 Å². The number of rotatable bonds is 72. The Bertz CT molecular complexity index is 1850. The molecule has 0 fully saturated rings. The number of phosphoric acid groups is 2. The first-order chi connectivity index (χ1) is 45.2. The van der Waals surface area contributed by atoms with Gasteiger partial charge in [-0.1, -0.05) is 325 Å². The van der Waals surface area contributed by atoms with Crippen LogP contribution in [0.15, 0.2) is 0 Å². The number of phosphoric ester groups is 2. The summed E-state index contributed by atoms with van der Waals surface area (Å²) in [6.07, 6.45) is 48.9. The molecule has 7 atom stereocenters. The van der Waals surface area contributed by atoms with Crippen LogP contribution in [0.25, 0.3) is 0 Å². The van der Waals surface area contributed by atoms with E-state index in [1.807, 2.05) is 0 Å². The molecule has 0 rings (SSSR count). The molecule has 0 radical (unpaired) electrons. The van der Waals surface area contributed by atoms with Gasteiger partial charge in [0.2, 0.25) is 0 Å². The summed E-state index contributed by atoms with van der Waals surface area (Å²) in [5.41, 5.74) is 0. The second-order valence-corrected chi connectivity index (χ2v) is 31.4. The van der Waals surface area contributed by atoms with Gasteiger partial charge >= 0.3 is 39.5 Å². The van der Waals surface area contributed by atoms with Gasteiger partial charge in [-0.2, -0.15) is 0 Å². The molecular weight excluding hydrogens is 1230 g/mol. The van der Waals surface area contributed by atoms with Crippen LogP contribution in [-0.4, -0.2) is 96.7 Å². The summed E-state index contributed by atoms with van der Waals surface area (Å²) in [7, 11) is -9.91. The molecule has 3 N–H and O–H groups in total. The molecule has 17 nitrogen and oxygen atoms in total. The quantitative estimate of drug-likeness (QED) is 0.0222. The average molecular weight is 1380 g/mol. The third kappa shape index (κ3) is 66.0. The average Bonchev–Trinajstić information content (AvgIpc) is 1.98. The Morgan fingerprint density at radius 3 is 0.755 bits per heavy atom. The molecule has 0 bridgehead atoms. The van der Waals surface area contributed by atoms with Crippen LogP contribution in [0.2, 0.25) is 0 Å². The molecule has 0 spiro atoms. The zero-order chi connectivity index (χ0) is 69.6. The van der Waals surface area contributed by atoms with Crippen LogP contribution in [0.3, 0.4) is 0 Å². The Labute approximate surface area is 575 Å². The molecule has 0 saturated heterocycles. The summed E-state index contributed by atoms with van der Waals surface area (Å²) in [4.78, 5) is 72.6. The van der Waals surface area contributed by atoms with Crippen LogP contribution in [0.5, 0.6) is 0 Å². The van der Waals surface area contributed by atoms with Gasteiger partial charge in [0.15, 0.2) is 12.2 Å². The SMILES string of the molecule is CCC(C)CCCCCCCCCCCCC(=O)O[C@H](COC(=O)CCCCCCCCC(C)CC)COP(=O)(O)OC[C@H](O)COP(=O)(O)OC[C@@H](COC(=O)CCCCCCCCCCCCCCCCCCCCC(C)C)OC(=O)CCCCCCCCC(C)C. The molecule has 0 aromatic carbocycles. The zero-order valence-electron chi connectivity index (χ0n) is 61.6. The lowest BCUT2D eigenvalue weighted by Gasteiger charge is -2.21. The Balaban J connectivity index is 5.13. The minimum atomic E-state index is -4.95. The van der Waals surface area contributed by atoms with Gasteiger partial charge in [-0.15, -0.1) is 0 Å². The van der Waals surface area contributed by atoms with E-state index >= 15 is 0 Å². The molecule has 0 heterocycles. The standard InChI is InChI=1S/C75H146O17P2/c1-9-67(7)53-45-37-28-24-21-22-26-30-41-49-57-74(79)91-70(62-86-73(78)56-48-40-34-32-38-46-54-68(8)10-2)63-89-93(81,82)87-59-69(76)60-88-94(83,84)90-64-71(92-75(80)58-50-42-33-31-36-44-52-66(5)6)61-85-72(77)55-47-39-29-25-20-18-16-14-12-11-13-15-17-19-23-27-35-43-51-65(3)4/h65-71,76H,9-64H2,1-8H3,(H,81,82)(H,83,84)/t67?,68?,69-,70+,71+/m0/s1. The highest BCUT2D eigenvalue weighted by Crippen LogP contribution is 2.45. The largest absolute Gasteiger partial charge is 0.472 e. The second kappa shape index (κ2) is 64.4. The number of hydrogen-bond acceptors (Lipinski definition) is 15. The molecule has 4 unspecified atom stereocenters. The van der Waals surface area contributed by atoms with E-state index in [2.05, 4.69) is 55.4 Å². The van der Waals surface area contributed by atoms with Crippen molar-refractivity contribution in [1.82, 2.24) is 0 Å². The molecule has 0 amide bonds. The Morgan fingerprint density at radius 2 is 0.511 bits per heavy atom. The number of unbranched alkanes of at least 4 members (excludes halogenated alkanes) is 36. The molecule has 558 valence electrons. The third-order valence-electron chi connectivity index (χ3n) is 18.0. The first-order valence-electron chi connectivity index (χ1n) is 38.8. The van der Waals surface area contributed by atoms with Crippen LogP contribution in [-0.2, 0) is 65.4 Å². The molecule has 0 aliphatic carbocycles. The van der Waals surface area contributed by atoms with E-state index in [-0.39, 0.29) is 25.7 Å². The van der Waals surface area contributed by atoms with Crippen LogP contribution in [0.1, 0.15) is 376 Å². The van der Waals surface area contributed by atoms with E-state index in [4.69, 9.17) is 37.0 Å². The van der Waals surface area contributed by atoms with Gasteiger partial charge in [0.05, 0.1) is 26.4 Å². The highest BCUT2D eigenvalue weighted by molar-refractivity contribution is 7.47. The second-order valence-electron chi connectivity index (χ2n) is 28.5. The number of aliphatic hydroxyl groups is 1. The number of carbonyl (C=O) groups is 4. The summed E-state index contributed by atoms with van der Waals surface area (Å²) in [5.74, 6) is 0.897. The van der Waals surface area contributed by atoms with Crippen LogP contribution in [0, 0.1) is 23.7 Å². The molecular formula is C75H146O17P2. The summed E-state index contributed by atoms with van der Waals surface area (Å²) < 4.78 is 68.4. The van der Waals surface area contributed by atoms with Gasteiger partial charge in [-0.05, 0) is 49.4 Å². The number of esters is 4. The van der Waals surface area contributed by atoms with Gasteiger partial charge in [0, 0.05) is 25.7 Å². The fourth-order valence-corrected chi connectivity index (χ4v) is 12.9.